The summed E-state index contributed by atoms with van der Waals surface area (Å²) in [7, 11) is -2.17. The first-order valence-electron chi connectivity index (χ1n) is 7.84. The molecular formula is C16H20BrF2NO4S. The molecule has 9 heteroatoms. The molecule has 1 aliphatic carbocycles. The van der Waals surface area contributed by atoms with Crippen molar-refractivity contribution in [3.05, 3.63) is 33.8 Å². The van der Waals surface area contributed by atoms with Gasteiger partial charge in [-0.05, 0) is 60.2 Å². The molecule has 5 nitrogen and oxygen atoms in total. The zero-order chi connectivity index (χ0) is 18.8. The van der Waals surface area contributed by atoms with E-state index in [-0.39, 0.29) is 28.6 Å². The molecule has 1 saturated carbocycles. The lowest BCUT2D eigenvalue weighted by atomic mass is 9.79. The number of methoxy groups -OCH3 is 1. The van der Waals surface area contributed by atoms with Crippen molar-refractivity contribution in [3.8, 4) is 0 Å². The van der Waals surface area contributed by atoms with E-state index in [1.807, 2.05) is 0 Å². The van der Waals surface area contributed by atoms with Gasteiger partial charge in [0.2, 0.25) is 10.0 Å². The standard InChI is InChI=1S/C16H20BrF2NO4S/c1-3-25(22,23)20-11-4-5-16(9-11,15(21)24-2)8-10-6-12(17)14(19)7-13(10)18/h6-7,11,20H,3-5,8-9H2,1-2H3/t11-,16+/m0/s1. The molecule has 1 aromatic rings. The van der Waals surface area contributed by atoms with Gasteiger partial charge in [-0.1, -0.05) is 0 Å². The number of rotatable bonds is 6. The molecule has 140 valence electrons. The van der Waals surface area contributed by atoms with Crippen molar-refractivity contribution >= 4 is 31.9 Å². The predicted octanol–water partition coefficient (Wildman–Crippen LogP) is 2.92. The molecule has 0 aromatic heterocycles. The molecule has 1 aromatic carbocycles. The summed E-state index contributed by atoms with van der Waals surface area (Å²) in [6, 6.07) is 1.64. The average Bonchev–Trinajstić information content (AvgIpc) is 2.95. The SMILES string of the molecule is CCS(=O)(=O)N[C@H]1CC[C@](Cc2cc(Br)c(F)cc2F)(C(=O)OC)C1. The zero-order valence-electron chi connectivity index (χ0n) is 13.9. The maximum atomic E-state index is 14.1. The second-order valence-electron chi connectivity index (χ2n) is 6.27. The molecule has 0 unspecified atom stereocenters. The van der Waals surface area contributed by atoms with Crippen molar-refractivity contribution < 1.29 is 26.7 Å². The fourth-order valence-corrected chi connectivity index (χ4v) is 4.53. The van der Waals surface area contributed by atoms with Crippen LogP contribution in [0.15, 0.2) is 16.6 Å². The Bertz CT molecular complexity index is 772. The van der Waals surface area contributed by atoms with Crippen molar-refractivity contribution in [2.24, 2.45) is 5.41 Å². The molecule has 0 aliphatic heterocycles. The number of benzene rings is 1. The molecule has 1 aliphatic rings. The largest absolute Gasteiger partial charge is 0.469 e. The van der Waals surface area contributed by atoms with Crippen molar-refractivity contribution in [2.45, 2.75) is 38.6 Å². The third kappa shape index (κ3) is 4.57. The summed E-state index contributed by atoms with van der Waals surface area (Å²) in [6.07, 6.45) is 1.01. The summed E-state index contributed by atoms with van der Waals surface area (Å²) in [5.74, 6) is -2.06. The molecule has 0 heterocycles. The van der Waals surface area contributed by atoms with Gasteiger partial charge < -0.3 is 4.74 Å². The summed E-state index contributed by atoms with van der Waals surface area (Å²) < 4.78 is 58.6. The summed E-state index contributed by atoms with van der Waals surface area (Å²) in [5.41, 5.74) is -0.869. The number of sulfonamides is 1. The van der Waals surface area contributed by atoms with Crippen LogP contribution in [-0.2, 0) is 26.0 Å². The van der Waals surface area contributed by atoms with Crippen molar-refractivity contribution in [3.63, 3.8) is 0 Å². The Balaban J connectivity index is 2.29. The fraction of sp³-hybridized carbons (Fsp3) is 0.562. The minimum Gasteiger partial charge on any atom is -0.469 e. The summed E-state index contributed by atoms with van der Waals surface area (Å²) >= 11 is 3.01. The molecule has 0 amide bonds. The van der Waals surface area contributed by atoms with Crippen molar-refractivity contribution in [1.82, 2.24) is 4.72 Å². The number of hydrogen-bond donors (Lipinski definition) is 1. The highest BCUT2D eigenvalue weighted by molar-refractivity contribution is 9.10. The van der Waals surface area contributed by atoms with Gasteiger partial charge in [-0.25, -0.2) is 21.9 Å². The van der Waals surface area contributed by atoms with Crippen LogP contribution in [0.3, 0.4) is 0 Å². The molecule has 2 rings (SSSR count). The van der Waals surface area contributed by atoms with Gasteiger partial charge in [0.05, 0.1) is 22.8 Å². The number of carbonyl (C=O) groups is 1. The van der Waals surface area contributed by atoms with Crippen LogP contribution in [-0.4, -0.2) is 33.3 Å². The van der Waals surface area contributed by atoms with Gasteiger partial charge in [-0.15, -0.1) is 0 Å². The smallest absolute Gasteiger partial charge is 0.312 e. The average molecular weight is 440 g/mol. The highest BCUT2D eigenvalue weighted by Gasteiger charge is 2.47. The maximum absolute atomic E-state index is 14.1. The molecule has 2 atom stereocenters. The minimum atomic E-state index is -3.41. The Labute approximate surface area is 154 Å². The van der Waals surface area contributed by atoms with E-state index < -0.39 is 39.1 Å². The Hall–Kier alpha value is -1.06. The number of esters is 1. The maximum Gasteiger partial charge on any atom is 0.312 e. The van der Waals surface area contributed by atoms with E-state index in [0.717, 1.165) is 6.07 Å². The third-order valence-electron chi connectivity index (χ3n) is 4.57. The van der Waals surface area contributed by atoms with Crippen LogP contribution in [0.5, 0.6) is 0 Å². The molecular weight excluding hydrogens is 420 g/mol. The minimum absolute atomic E-state index is 0.00867. The topological polar surface area (TPSA) is 72.5 Å². The predicted molar refractivity (Wildman–Crippen MR) is 92.4 cm³/mol. The molecule has 1 fully saturated rings. The van der Waals surface area contributed by atoms with Gasteiger partial charge in [-0.2, -0.15) is 0 Å². The van der Waals surface area contributed by atoms with Gasteiger partial charge in [0.25, 0.3) is 0 Å². The number of nitrogens with one attached hydrogen (secondary N) is 1. The summed E-state index contributed by atoms with van der Waals surface area (Å²) in [4.78, 5) is 12.4. The molecule has 0 spiro atoms. The van der Waals surface area contributed by atoms with Gasteiger partial charge in [0, 0.05) is 12.1 Å². The highest BCUT2D eigenvalue weighted by Crippen LogP contribution is 2.43. The highest BCUT2D eigenvalue weighted by atomic mass is 79.9. The zero-order valence-corrected chi connectivity index (χ0v) is 16.3. The lowest BCUT2D eigenvalue weighted by Crippen LogP contribution is -2.38. The normalized spacial score (nSPS) is 23.6. The van der Waals surface area contributed by atoms with Gasteiger partial charge >= 0.3 is 5.97 Å². The monoisotopic (exact) mass is 439 g/mol. The van der Waals surface area contributed by atoms with Crippen LogP contribution in [0.1, 0.15) is 31.7 Å². The van der Waals surface area contributed by atoms with E-state index in [1.54, 1.807) is 0 Å². The van der Waals surface area contributed by atoms with Crippen molar-refractivity contribution in [2.75, 3.05) is 12.9 Å². The first-order valence-corrected chi connectivity index (χ1v) is 10.3. The van der Waals surface area contributed by atoms with Crippen LogP contribution < -0.4 is 4.72 Å². The van der Waals surface area contributed by atoms with E-state index in [1.165, 1.54) is 20.1 Å². The van der Waals surface area contributed by atoms with Crippen LogP contribution in [0.25, 0.3) is 0 Å². The Morgan fingerprint density at radius 3 is 2.68 bits per heavy atom. The second kappa shape index (κ2) is 7.67. The number of hydrogen-bond acceptors (Lipinski definition) is 4. The lowest BCUT2D eigenvalue weighted by molar-refractivity contribution is -0.152. The number of ether oxygens (including phenoxy) is 1. The quantitative estimate of drug-likeness (QED) is 0.546. The van der Waals surface area contributed by atoms with Gasteiger partial charge in [-0.3, -0.25) is 4.79 Å². The summed E-state index contributed by atoms with van der Waals surface area (Å²) in [5, 5.41) is 0. The van der Waals surface area contributed by atoms with E-state index in [0.29, 0.717) is 12.8 Å². The van der Waals surface area contributed by atoms with Crippen LogP contribution in [0.2, 0.25) is 0 Å². The lowest BCUT2D eigenvalue weighted by Gasteiger charge is -2.27. The van der Waals surface area contributed by atoms with Crippen LogP contribution >= 0.6 is 15.9 Å². The first kappa shape index (κ1) is 20.3. The van der Waals surface area contributed by atoms with Crippen LogP contribution in [0, 0.1) is 17.0 Å². The molecule has 0 radical (unpaired) electrons. The molecule has 0 saturated heterocycles. The number of halogens is 3. The Kier molecular flexibility index (Phi) is 6.22. The van der Waals surface area contributed by atoms with E-state index >= 15 is 0 Å². The van der Waals surface area contributed by atoms with E-state index in [9.17, 15) is 22.0 Å². The Morgan fingerprint density at radius 1 is 1.40 bits per heavy atom. The van der Waals surface area contributed by atoms with Crippen LogP contribution in [0.4, 0.5) is 8.78 Å². The van der Waals surface area contributed by atoms with Gasteiger partial charge in [0.1, 0.15) is 11.6 Å². The first-order chi connectivity index (χ1) is 11.6. The fourth-order valence-electron chi connectivity index (χ4n) is 3.26. The van der Waals surface area contributed by atoms with E-state index in [4.69, 9.17) is 4.74 Å². The van der Waals surface area contributed by atoms with E-state index in [2.05, 4.69) is 20.7 Å². The van der Waals surface area contributed by atoms with Gasteiger partial charge in [0.15, 0.2) is 0 Å². The third-order valence-corrected chi connectivity index (χ3v) is 6.63. The summed E-state index contributed by atoms with van der Waals surface area (Å²) in [6.45, 7) is 1.52. The molecule has 1 N–H and O–H groups in total. The molecule has 0 bridgehead atoms. The second-order valence-corrected chi connectivity index (χ2v) is 9.16. The number of carbonyl (C=O) groups excluding carboxylic acids is 1. The van der Waals surface area contributed by atoms with Crippen molar-refractivity contribution in [1.29, 1.82) is 0 Å². The molecule has 25 heavy (non-hydrogen) atoms. The Morgan fingerprint density at radius 2 is 2.08 bits per heavy atom.